The zero-order valence-corrected chi connectivity index (χ0v) is 8.10. The van der Waals surface area contributed by atoms with E-state index in [1.807, 2.05) is 12.1 Å². The van der Waals surface area contributed by atoms with E-state index in [9.17, 15) is 4.79 Å². The lowest BCUT2D eigenvalue weighted by molar-refractivity contribution is -0.142. The first-order chi connectivity index (χ1) is 6.63. The molecule has 0 aliphatic rings. The first kappa shape index (κ1) is 12.4. The highest BCUT2D eigenvalue weighted by atomic mass is 16.4. The second-order valence-corrected chi connectivity index (χ2v) is 2.87. The molecule has 0 amide bonds. The minimum Gasteiger partial charge on any atom is -0.480 e. The molecule has 76 valence electrons. The lowest BCUT2D eigenvalue weighted by Gasteiger charge is -2.23. The largest absolute Gasteiger partial charge is 0.480 e. The number of aliphatic carboxylic acids is 1. The van der Waals surface area contributed by atoms with Crippen LogP contribution >= 0.6 is 0 Å². The first-order valence-electron chi connectivity index (χ1n) is 4.34. The maximum atomic E-state index is 10.7. The molecule has 0 aromatic rings. The zero-order valence-electron chi connectivity index (χ0n) is 8.10. The molecule has 1 atom stereocenters. The summed E-state index contributed by atoms with van der Waals surface area (Å²) in [6.07, 6.45) is 0.562. The summed E-state index contributed by atoms with van der Waals surface area (Å²) in [4.78, 5) is 12.3. The maximum Gasteiger partial charge on any atom is 0.320 e. The number of rotatable bonds is 6. The van der Waals surface area contributed by atoms with Gasteiger partial charge in [0, 0.05) is 25.9 Å². The van der Waals surface area contributed by atoms with E-state index in [1.165, 1.54) is 0 Å². The summed E-state index contributed by atoms with van der Waals surface area (Å²) in [6.45, 7) is 2.34. The Hall–Kier alpha value is -1.59. The number of carboxylic acid groups (broad SMARTS) is 1. The normalized spacial score (nSPS) is 11.7. The Bertz CT molecular complexity index is 246. The fraction of sp³-hybridized carbons (Fsp3) is 0.667. The second-order valence-electron chi connectivity index (χ2n) is 2.87. The summed E-state index contributed by atoms with van der Waals surface area (Å²) in [5.74, 6) is -0.930. The van der Waals surface area contributed by atoms with Crippen molar-refractivity contribution in [1.29, 1.82) is 10.5 Å². The second kappa shape index (κ2) is 6.88. The molecule has 0 saturated heterocycles. The summed E-state index contributed by atoms with van der Waals surface area (Å²) >= 11 is 0. The Morgan fingerprint density at radius 2 is 1.79 bits per heavy atom. The van der Waals surface area contributed by atoms with Gasteiger partial charge >= 0.3 is 5.97 Å². The van der Waals surface area contributed by atoms with Crippen molar-refractivity contribution in [2.75, 3.05) is 13.1 Å². The minimum absolute atomic E-state index is 0.281. The highest BCUT2D eigenvalue weighted by Crippen LogP contribution is 2.01. The van der Waals surface area contributed by atoms with Gasteiger partial charge in [0.05, 0.1) is 12.1 Å². The van der Waals surface area contributed by atoms with Crippen molar-refractivity contribution in [2.45, 2.75) is 25.8 Å². The van der Waals surface area contributed by atoms with Gasteiger partial charge < -0.3 is 5.11 Å². The molecule has 0 heterocycles. The van der Waals surface area contributed by atoms with Crippen LogP contribution in [0, 0.1) is 22.7 Å². The Kier molecular flexibility index (Phi) is 6.09. The van der Waals surface area contributed by atoms with Crippen LogP contribution in [0.5, 0.6) is 0 Å². The molecule has 0 rings (SSSR count). The van der Waals surface area contributed by atoms with Gasteiger partial charge in [-0.15, -0.1) is 0 Å². The van der Waals surface area contributed by atoms with Crippen molar-refractivity contribution >= 4 is 5.97 Å². The van der Waals surface area contributed by atoms with Crippen LogP contribution in [0.1, 0.15) is 19.8 Å². The van der Waals surface area contributed by atoms with E-state index in [-0.39, 0.29) is 12.8 Å². The van der Waals surface area contributed by atoms with E-state index >= 15 is 0 Å². The monoisotopic (exact) mass is 195 g/mol. The van der Waals surface area contributed by atoms with E-state index in [2.05, 4.69) is 0 Å². The van der Waals surface area contributed by atoms with E-state index in [0.29, 0.717) is 13.1 Å². The third kappa shape index (κ3) is 4.44. The predicted molar refractivity (Wildman–Crippen MR) is 49.1 cm³/mol. The van der Waals surface area contributed by atoms with Crippen molar-refractivity contribution in [3.05, 3.63) is 0 Å². The third-order valence-corrected chi connectivity index (χ3v) is 1.93. The minimum atomic E-state index is -0.930. The molecule has 0 saturated carbocycles. The van der Waals surface area contributed by atoms with E-state index in [4.69, 9.17) is 15.6 Å². The van der Waals surface area contributed by atoms with Gasteiger partial charge in [-0.3, -0.25) is 9.69 Å². The summed E-state index contributed by atoms with van der Waals surface area (Å²) < 4.78 is 0. The fourth-order valence-electron chi connectivity index (χ4n) is 1.04. The van der Waals surface area contributed by atoms with Gasteiger partial charge in [0.2, 0.25) is 0 Å². The standard InChI is InChI=1S/C9H13N3O2/c1-8(9(13)14)12(6-2-4-10)7-3-5-11/h8H,2-3,6-7H2,1H3,(H,13,14). The maximum absolute atomic E-state index is 10.7. The molecule has 1 N–H and O–H groups in total. The van der Waals surface area contributed by atoms with E-state index < -0.39 is 12.0 Å². The number of nitrogens with zero attached hydrogens (tertiary/aromatic N) is 3. The molecular weight excluding hydrogens is 182 g/mol. The van der Waals surface area contributed by atoms with Crippen LogP contribution in [0.4, 0.5) is 0 Å². The summed E-state index contributed by atoms with van der Waals surface area (Å²) in [5, 5.41) is 25.5. The van der Waals surface area contributed by atoms with Crippen LogP contribution in [-0.4, -0.2) is 35.1 Å². The molecule has 1 unspecified atom stereocenters. The molecular formula is C9H13N3O2. The molecule has 0 fully saturated rings. The van der Waals surface area contributed by atoms with Crippen molar-refractivity contribution < 1.29 is 9.90 Å². The van der Waals surface area contributed by atoms with Crippen molar-refractivity contribution in [1.82, 2.24) is 4.90 Å². The highest BCUT2D eigenvalue weighted by Gasteiger charge is 2.19. The van der Waals surface area contributed by atoms with Gasteiger partial charge in [-0.2, -0.15) is 10.5 Å². The highest BCUT2D eigenvalue weighted by molar-refractivity contribution is 5.72. The van der Waals surface area contributed by atoms with Crippen LogP contribution in [0.3, 0.4) is 0 Å². The Morgan fingerprint density at radius 3 is 2.07 bits per heavy atom. The number of nitriles is 2. The van der Waals surface area contributed by atoms with Crippen molar-refractivity contribution in [2.24, 2.45) is 0 Å². The van der Waals surface area contributed by atoms with E-state index in [1.54, 1.807) is 11.8 Å². The number of hydrogen-bond acceptors (Lipinski definition) is 4. The lowest BCUT2D eigenvalue weighted by Crippen LogP contribution is -2.40. The van der Waals surface area contributed by atoms with Gasteiger partial charge in [-0.05, 0) is 6.92 Å². The summed E-state index contributed by atoms with van der Waals surface area (Å²) in [6, 6.07) is 3.26. The van der Waals surface area contributed by atoms with Crippen LogP contribution in [0.25, 0.3) is 0 Å². The van der Waals surface area contributed by atoms with Crippen LogP contribution in [-0.2, 0) is 4.79 Å². The van der Waals surface area contributed by atoms with Crippen LogP contribution in [0.15, 0.2) is 0 Å². The summed E-state index contributed by atoms with van der Waals surface area (Å²) in [7, 11) is 0. The molecule has 5 nitrogen and oxygen atoms in total. The molecule has 0 bridgehead atoms. The van der Waals surface area contributed by atoms with Crippen molar-refractivity contribution in [3.63, 3.8) is 0 Å². The first-order valence-corrected chi connectivity index (χ1v) is 4.34. The van der Waals surface area contributed by atoms with Crippen LogP contribution in [0.2, 0.25) is 0 Å². The molecule has 5 heteroatoms. The molecule has 0 aromatic carbocycles. The topological polar surface area (TPSA) is 88.1 Å². The number of carboxylic acids is 1. The molecule has 0 aromatic heterocycles. The van der Waals surface area contributed by atoms with Gasteiger partial charge in [0.1, 0.15) is 6.04 Å². The lowest BCUT2D eigenvalue weighted by atomic mass is 10.2. The fourth-order valence-corrected chi connectivity index (χ4v) is 1.04. The quantitative estimate of drug-likeness (QED) is 0.670. The van der Waals surface area contributed by atoms with Crippen LogP contribution < -0.4 is 0 Å². The predicted octanol–water partition coefficient (Wildman–Crippen LogP) is 0.589. The molecule has 14 heavy (non-hydrogen) atoms. The molecule has 0 radical (unpaired) electrons. The number of hydrogen-bond donors (Lipinski definition) is 1. The Morgan fingerprint density at radius 1 is 1.36 bits per heavy atom. The smallest absolute Gasteiger partial charge is 0.320 e. The van der Waals surface area contributed by atoms with Gasteiger partial charge in [-0.25, -0.2) is 0 Å². The molecule has 0 spiro atoms. The van der Waals surface area contributed by atoms with Gasteiger partial charge in [0.25, 0.3) is 0 Å². The SMILES string of the molecule is CC(C(=O)O)N(CCC#N)CCC#N. The molecule has 0 aliphatic carbocycles. The van der Waals surface area contributed by atoms with Gasteiger partial charge in [0.15, 0.2) is 0 Å². The van der Waals surface area contributed by atoms with Gasteiger partial charge in [-0.1, -0.05) is 0 Å². The average molecular weight is 195 g/mol. The molecule has 0 aliphatic heterocycles. The van der Waals surface area contributed by atoms with E-state index in [0.717, 1.165) is 0 Å². The average Bonchev–Trinajstić information content (AvgIpc) is 2.17. The third-order valence-electron chi connectivity index (χ3n) is 1.93. The summed E-state index contributed by atoms with van der Waals surface area (Å²) in [5.41, 5.74) is 0. The number of carbonyl (C=O) groups is 1. The Labute approximate surface area is 83.2 Å². The zero-order chi connectivity index (χ0) is 11.0. The Balaban J connectivity index is 4.17. The van der Waals surface area contributed by atoms with Crippen molar-refractivity contribution in [3.8, 4) is 12.1 Å².